The second kappa shape index (κ2) is 3.78. The van der Waals surface area contributed by atoms with E-state index in [0.29, 0.717) is 11.7 Å². The van der Waals surface area contributed by atoms with E-state index in [0.717, 1.165) is 11.3 Å². The zero-order valence-corrected chi connectivity index (χ0v) is 7.77. The van der Waals surface area contributed by atoms with Crippen LogP contribution in [0.25, 0.3) is 10.4 Å². The van der Waals surface area contributed by atoms with Crippen LogP contribution >= 0.6 is 0 Å². The van der Waals surface area contributed by atoms with Crippen LogP contribution in [-0.4, -0.2) is 5.84 Å². The summed E-state index contributed by atoms with van der Waals surface area (Å²) < 4.78 is 5.26. The lowest BCUT2D eigenvalue weighted by molar-refractivity contribution is 0.543. The molecule has 0 aromatic carbocycles. The molecule has 0 aliphatic heterocycles. The van der Waals surface area contributed by atoms with Crippen molar-refractivity contribution >= 4 is 11.7 Å². The Morgan fingerprint density at radius 1 is 1.54 bits per heavy atom. The Bertz CT molecular complexity index is 385. The number of azide groups is 1. The Kier molecular flexibility index (Phi) is 2.72. The minimum Gasteiger partial charge on any atom is -0.443 e. The molecule has 1 rings (SSSR count). The van der Waals surface area contributed by atoms with Crippen LogP contribution in [0.3, 0.4) is 0 Å². The topological polar surface area (TPSA) is 74.3 Å². The van der Waals surface area contributed by atoms with Crippen LogP contribution in [0.2, 0.25) is 0 Å². The third-order valence-electron chi connectivity index (χ3n) is 1.47. The molecule has 0 aliphatic rings. The molecule has 5 heteroatoms. The maximum absolute atomic E-state index is 8.14. The van der Waals surface area contributed by atoms with Gasteiger partial charge >= 0.3 is 0 Å². The van der Waals surface area contributed by atoms with Gasteiger partial charge in [-0.1, -0.05) is 0 Å². The van der Waals surface area contributed by atoms with Crippen LogP contribution in [0.15, 0.2) is 20.6 Å². The first-order valence-corrected chi connectivity index (χ1v) is 3.81. The second-order valence-corrected chi connectivity index (χ2v) is 2.69. The monoisotopic (exact) mass is 178 g/mol. The summed E-state index contributed by atoms with van der Waals surface area (Å²) in [5.74, 6) is 1.65. The second-order valence-electron chi connectivity index (χ2n) is 2.69. The lowest BCUT2D eigenvalue weighted by atomic mass is 10.3. The van der Waals surface area contributed by atoms with Gasteiger partial charge in [-0.3, -0.25) is 0 Å². The van der Waals surface area contributed by atoms with Gasteiger partial charge in [-0.25, -0.2) is 4.99 Å². The lowest BCUT2D eigenvalue weighted by Crippen LogP contribution is -1.80. The summed E-state index contributed by atoms with van der Waals surface area (Å²) >= 11 is 0. The van der Waals surface area contributed by atoms with Gasteiger partial charge in [0, 0.05) is 10.5 Å². The molecule has 68 valence electrons. The molecule has 1 heterocycles. The van der Waals surface area contributed by atoms with Gasteiger partial charge in [-0.2, -0.15) is 0 Å². The van der Waals surface area contributed by atoms with Gasteiger partial charge in [0.05, 0.1) is 0 Å². The largest absolute Gasteiger partial charge is 0.443 e. The van der Waals surface area contributed by atoms with Crippen molar-refractivity contribution in [1.82, 2.24) is 0 Å². The molecule has 0 amide bonds. The first-order valence-electron chi connectivity index (χ1n) is 3.81. The van der Waals surface area contributed by atoms with E-state index in [1.54, 1.807) is 6.92 Å². The highest BCUT2D eigenvalue weighted by Gasteiger charge is 2.02. The molecule has 0 fully saturated rings. The highest BCUT2D eigenvalue weighted by Crippen LogP contribution is 2.22. The number of nitrogens with zero attached hydrogens (tertiary/aromatic N) is 4. The highest BCUT2D eigenvalue weighted by atomic mass is 16.4. The molecule has 5 nitrogen and oxygen atoms in total. The van der Waals surface area contributed by atoms with Gasteiger partial charge in [0.1, 0.15) is 11.6 Å². The predicted octanol–water partition coefficient (Wildman–Crippen LogP) is 3.26. The molecule has 0 bridgehead atoms. The Labute approximate surface area is 75.7 Å². The fraction of sp³-hybridized carbons (Fsp3) is 0.375. The zero-order valence-electron chi connectivity index (χ0n) is 7.77. The molecular weight excluding hydrogens is 168 g/mol. The molecule has 1 aromatic heterocycles. The Balaban J connectivity index is 3.02. The molecule has 0 spiro atoms. The summed E-state index contributed by atoms with van der Waals surface area (Å²) in [6.07, 6.45) is 0. The van der Waals surface area contributed by atoms with E-state index in [4.69, 9.17) is 9.95 Å². The number of aliphatic imine (C=N–C) groups is 1. The molecule has 0 atom stereocenters. The summed E-state index contributed by atoms with van der Waals surface area (Å²) in [6, 6.07) is 1.88. The molecule has 0 radical (unpaired) electrons. The number of rotatable bonds is 1. The van der Waals surface area contributed by atoms with Gasteiger partial charge < -0.3 is 4.42 Å². The molecular formula is C8H10N4O. The molecule has 1 aromatic rings. The lowest BCUT2D eigenvalue weighted by Gasteiger charge is -1.89. The van der Waals surface area contributed by atoms with Gasteiger partial charge in [0.2, 0.25) is 5.88 Å². The maximum atomic E-state index is 8.14. The number of amidine groups is 1. The molecule has 0 saturated carbocycles. The number of hydrogen-bond donors (Lipinski definition) is 0. The van der Waals surface area contributed by atoms with Crippen LogP contribution in [0.4, 0.5) is 5.88 Å². The first-order chi connectivity index (χ1) is 6.13. The third-order valence-corrected chi connectivity index (χ3v) is 1.47. The van der Waals surface area contributed by atoms with Gasteiger partial charge in [0.25, 0.3) is 0 Å². The molecule has 0 N–H and O–H groups in total. The van der Waals surface area contributed by atoms with Gasteiger partial charge in [-0.05, 0) is 37.5 Å². The van der Waals surface area contributed by atoms with Crippen molar-refractivity contribution in [2.45, 2.75) is 20.8 Å². The summed E-state index contributed by atoms with van der Waals surface area (Å²) in [7, 11) is 0. The fourth-order valence-corrected chi connectivity index (χ4v) is 0.974. The summed E-state index contributed by atoms with van der Waals surface area (Å²) in [5, 5.41) is 3.34. The summed E-state index contributed by atoms with van der Waals surface area (Å²) in [5.41, 5.74) is 9.07. The smallest absolute Gasteiger partial charge is 0.221 e. The summed E-state index contributed by atoms with van der Waals surface area (Å²) in [6.45, 7) is 5.35. The van der Waals surface area contributed by atoms with E-state index in [9.17, 15) is 0 Å². The van der Waals surface area contributed by atoms with Crippen LogP contribution in [0.1, 0.15) is 18.2 Å². The molecule has 0 saturated heterocycles. The van der Waals surface area contributed by atoms with E-state index in [1.165, 1.54) is 0 Å². The Hall–Kier alpha value is -1.74. The quantitative estimate of drug-likeness (QED) is 0.214. The van der Waals surface area contributed by atoms with Crippen molar-refractivity contribution in [3.05, 3.63) is 27.8 Å². The maximum Gasteiger partial charge on any atom is 0.221 e. The first kappa shape index (κ1) is 9.35. The van der Waals surface area contributed by atoms with Gasteiger partial charge in [-0.15, -0.1) is 0 Å². The molecule has 0 unspecified atom stereocenters. The van der Waals surface area contributed by atoms with Crippen molar-refractivity contribution in [2.75, 3.05) is 0 Å². The van der Waals surface area contributed by atoms with E-state index in [2.05, 4.69) is 15.0 Å². The summed E-state index contributed by atoms with van der Waals surface area (Å²) in [4.78, 5) is 6.62. The zero-order chi connectivity index (χ0) is 9.84. The Morgan fingerprint density at radius 2 is 2.23 bits per heavy atom. The van der Waals surface area contributed by atoms with Crippen molar-refractivity contribution < 1.29 is 4.42 Å². The normalized spacial score (nSPS) is 11.2. The average molecular weight is 178 g/mol. The average Bonchev–Trinajstić information content (AvgIpc) is 2.30. The Morgan fingerprint density at radius 3 is 2.69 bits per heavy atom. The van der Waals surface area contributed by atoms with Crippen molar-refractivity contribution in [2.24, 2.45) is 10.1 Å². The van der Waals surface area contributed by atoms with E-state index in [1.807, 2.05) is 19.9 Å². The van der Waals surface area contributed by atoms with Crippen molar-refractivity contribution in [1.29, 1.82) is 0 Å². The molecule has 13 heavy (non-hydrogen) atoms. The standard InChI is InChI=1S/C8H10N4O/c1-5-4-6(2)13-8(5)10-7(3)11-12-9/h4H,1-3H3/b10-7-. The third kappa shape index (κ3) is 2.35. The molecule has 0 aliphatic carbocycles. The van der Waals surface area contributed by atoms with Crippen molar-refractivity contribution in [3.8, 4) is 0 Å². The highest BCUT2D eigenvalue weighted by molar-refractivity contribution is 5.82. The van der Waals surface area contributed by atoms with Crippen LogP contribution in [0, 0.1) is 13.8 Å². The fourth-order valence-electron chi connectivity index (χ4n) is 0.974. The predicted molar refractivity (Wildman–Crippen MR) is 50.1 cm³/mol. The minimum absolute atomic E-state index is 0.347. The van der Waals surface area contributed by atoms with Crippen LogP contribution in [0.5, 0.6) is 0 Å². The van der Waals surface area contributed by atoms with E-state index in [-0.39, 0.29) is 0 Å². The van der Waals surface area contributed by atoms with Crippen LogP contribution in [-0.2, 0) is 0 Å². The van der Waals surface area contributed by atoms with E-state index >= 15 is 0 Å². The number of hydrogen-bond acceptors (Lipinski definition) is 2. The van der Waals surface area contributed by atoms with Crippen LogP contribution < -0.4 is 0 Å². The van der Waals surface area contributed by atoms with E-state index < -0.39 is 0 Å². The number of furan rings is 1. The van der Waals surface area contributed by atoms with Crippen molar-refractivity contribution in [3.63, 3.8) is 0 Å². The minimum atomic E-state index is 0.347. The van der Waals surface area contributed by atoms with Gasteiger partial charge in [0.15, 0.2) is 0 Å². The SMILES string of the molecule is C/C(N=[N+]=[N-])=N/c1oc(C)cc1C. The number of aryl methyl sites for hydroxylation is 2.